The fourth-order valence-corrected chi connectivity index (χ4v) is 2.26. The number of amides is 3. The maximum Gasteiger partial charge on any atom is 0.255 e. The highest BCUT2D eigenvalue weighted by atomic mass is 16.2. The Kier molecular flexibility index (Phi) is 6.34. The molecule has 27 heavy (non-hydrogen) atoms. The van der Waals surface area contributed by atoms with Gasteiger partial charge in [-0.2, -0.15) is 0 Å². The Morgan fingerprint density at radius 2 is 1.33 bits per heavy atom. The molecule has 0 heterocycles. The fraction of sp³-hybridized carbons (Fsp3) is 0.286. The van der Waals surface area contributed by atoms with E-state index in [0.29, 0.717) is 29.0 Å². The van der Waals surface area contributed by atoms with Gasteiger partial charge in [0.1, 0.15) is 0 Å². The minimum absolute atomic E-state index is 0.130. The van der Waals surface area contributed by atoms with Crippen LogP contribution in [-0.2, 0) is 4.79 Å². The smallest absolute Gasteiger partial charge is 0.255 e. The monoisotopic (exact) mass is 367 g/mol. The lowest BCUT2D eigenvalue weighted by Crippen LogP contribution is -2.27. The van der Waals surface area contributed by atoms with E-state index >= 15 is 0 Å². The maximum atomic E-state index is 12.5. The van der Waals surface area contributed by atoms with Gasteiger partial charge in [0, 0.05) is 34.5 Å². The summed E-state index contributed by atoms with van der Waals surface area (Å²) in [7, 11) is 0. The molecular formula is C21H25N3O3. The molecule has 0 spiro atoms. The molecule has 2 aromatic rings. The molecule has 0 aliphatic rings. The zero-order valence-corrected chi connectivity index (χ0v) is 16.1. The summed E-state index contributed by atoms with van der Waals surface area (Å²) in [5.74, 6) is -0.648. The summed E-state index contributed by atoms with van der Waals surface area (Å²) in [4.78, 5) is 36.6. The minimum atomic E-state index is -0.530. The van der Waals surface area contributed by atoms with Gasteiger partial charge in [-0.05, 0) is 43.3 Å². The van der Waals surface area contributed by atoms with Crippen molar-refractivity contribution in [3.8, 4) is 0 Å². The number of nitrogens with one attached hydrogen (secondary N) is 3. The fourth-order valence-electron chi connectivity index (χ4n) is 2.26. The van der Waals surface area contributed by atoms with Crippen molar-refractivity contribution in [3.05, 3.63) is 59.7 Å². The summed E-state index contributed by atoms with van der Waals surface area (Å²) in [6, 6.07) is 13.4. The van der Waals surface area contributed by atoms with Crippen LogP contribution >= 0.6 is 0 Å². The van der Waals surface area contributed by atoms with Gasteiger partial charge in [0.25, 0.3) is 11.8 Å². The zero-order valence-electron chi connectivity index (χ0n) is 16.1. The highest BCUT2D eigenvalue weighted by molar-refractivity contribution is 6.06. The van der Waals surface area contributed by atoms with Crippen LogP contribution in [0.2, 0.25) is 0 Å². The number of hydrogen-bond donors (Lipinski definition) is 3. The van der Waals surface area contributed by atoms with E-state index in [1.807, 2.05) is 27.7 Å². The van der Waals surface area contributed by atoms with Crippen molar-refractivity contribution < 1.29 is 14.4 Å². The van der Waals surface area contributed by atoms with Crippen LogP contribution in [0.3, 0.4) is 0 Å². The highest BCUT2D eigenvalue weighted by Gasteiger charge is 2.21. The predicted octanol–water partition coefficient (Wildman–Crippen LogP) is 3.67. The van der Waals surface area contributed by atoms with Gasteiger partial charge in [-0.1, -0.05) is 32.9 Å². The number of anilines is 2. The first-order chi connectivity index (χ1) is 12.7. The third-order valence-corrected chi connectivity index (χ3v) is 3.78. The number of benzene rings is 2. The Balaban J connectivity index is 2.13. The lowest BCUT2D eigenvalue weighted by Gasteiger charge is -2.18. The molecule has 0 aliphatic heterocycles. The average molecular weight is 367 g/mol. The van der Waals surface area contributed by atoms with Crippen molar-refractivity contribution in [1.29, 1.82) is 0 Å². The molecule has 0 saturated carbocycles. The third-order valence-electron chi connectivity index (χ3n) is 3.78. The van der Waals surface area contributed by atoms with Crippen LogP contribution in [-0.4, -0.2) is 24.3 Å². The third kappa shape index (κ3) is 5.67. The van der Waals surface area contributed by atoms with Gasteiger partial charge in [-0.15, -0.1) is 0 Å². The summed E-state index contributed by atoms with van der Waals surface area (Å²) in [5.41, 5.74) is 1.43. The summed E-state index contributed by atoms with van der Waals surface area (Å²) >= 11 is 0. The molecular weight excluding hydrogens is 342 g/mol. The largest absolute Gasteiger partial charge is 0.352 e. The van der Waals surface area contributed by atoms with Gasteiger partial charge < -0.3 is 16.0 Å². The molecule has 6 heteroatoms. The second kappa shape index (κ2) is 8.49. The zero-order chi connectivity index (χ0) is 20.0. The van der Waals surface area contributed by atoms with E-state index in [1.165, 1.54) is 0 Å². The molecule has 2 aromatic carbocycles. The van der Waals surface area contributed by atoms with Gasteiger partial charge in [-0.3, -0.25) is 14.4 Å². The summed E-state index contributed by atoms with van der Waals surface area (Å²) < 4.78 is 0. The summed E-state index contributed by atoms with van der Waals surface area (Å²) in [6.07, 6.45) is 0. The molecule has 0 bridgehead atoms. The predicted molar refractivity (Wildman–Crippen MR) is 107 cm³/mol. The van der Waals surface area contributed by atoms with Crippen LogP contribution in [0.5, 0.6) is 0 Å². The molecule has 0 saturated heterocycles. The van der Waals surface area contributed by atoms with Crippen molar-refractivity contribution in [3.63, 3.8) is 0 Å². The van der Waals surface area contributed by atoms with Crippen molar-refractivity contribution in [2.24, 2.45) is 5.41 Å². The van der Waals surface area contributed by atoms with E-state index in [1.54, 1.807) is 48.5 Å². The highest BCUT2D eigenvalue weighted by Crippen LogP contribution is 2.19. The Morgan fingerprint density at radius 1 is 0.815 bits per heavy atom. The van der Waals surface area contributed by atoms with Crippen molar-refractivity contribution in [2.45, 2.75) is 27.7 Å². The number of carbonyl (C=O) groups excluding carboxylic acids is 3. The molecule has 2 rings (SSSR count). The Morgan fingerprint density at radius 3 is 1.85 bits per heavy atom. The van der Waals surface area contributed by atoms with E-state index in [2.05, 4.69) is 16.0 Å². The van der Waals surface area contributed by atoms with E-state index in [9.17, 15) is 14.4 Å². The van der Waals surface area contributed by atoms with Crippen LogP contribution in [0.1, 0.15) is 48.4 Å². The van der Waals surface area contributed by atoms with Gasteiger partial charge >= 0.3 is 0 Å². The van der Waals surface area contributed by atoms with Gasteiger partial charge in [0.15, 0.2) is 0 Å². The molecule has 3 N–H and O–H groups in total. The molecule has 0 radical (unpaired) electrons. The number of carbonyl (C=O) groups is 3. The first-order valence-corrected chi connectivity index (χ1v) is 8.82. The Bertz CT molecular complexity index is 854. The Hall–Kier alpha value is -3.15. The van der Waals surface area contributed by atoms with E-state index in [-0.39, 0.29) is 17.7 Å². The lowest BCUT2D eigenvalue weighted by molar-refractivity contribution is -0.123. The molecule has 142 valence electrons. The Labute approximate surface area is 159 Å². The molecule has 0 fully saturated rings. The number of hydrogen-bond acceptors (Lipinski definition) is 3. The maximum absolute atomic E-state index is 12.5. The van der Waals surface area contributed by atoms with Crippen LogP contribution < -0.4 is 16.0 Å². The molecule has 3 amide bonds. The number of rotatable bonds is 5. The molecule has 6 nitrogen and oxygen atoms in total. The van der Waals surface area contributed by atoms with Crippen molar-refractivity contribution in [2.75, 3.05) is 17.2 Å². The minimum Gasteiger partial charge on any atom is -0.352 e. The standard InChI is InChI=1S/C21H25N3O3/c1-5-22-18(25)14-8-6-10-16(12-14)23-19(26)15-9-7-11-17(13-15)24-20(27)21(2,3)4/h6-13H,5H2,1-4H3,(H,22,25)(H,23,26)(H,24,27). The first-order valence-electron chi connectivity index (χ1n) is 8.82. The van der Waals surface area contributed by atoms with Gasteiger partial charge in [-0.25, -0.2) is 0 Å². The van der Waals surface area contributed by atoms with Crippen molar-refractivity contribution in [1.82, 2.24) is 5.32 Å². The summed E-state index contributed by atoms with van der Waals surface area (Å²) in [6.45, 7) is 7.83. The second-order valence-corrected chi connectivity index (χ2v) is 7.18. The normalized spacial score (nSPS) is 10.8. The molecule has 0 atom stereocenters. The van der Waals surface area contributed by atoms with Crippen LogP contribution in [0.25, 0.3) is 0 Å². The van der Waals surface area contributed by atoms with Gasteiger partial charge in [0.05, 0.1) is 0 Å². The van der Waals surface area contributed by atoms with Crippen LogP contribution in [0.15, 0.2) is 48.5 Å². The van der Waals surface area contributed by atoms with Crippen LogP contribution in [0, 0.1) is 5.41 Å². The van der Waals surface area contributed by atoms with Crippen LogP contribution in [0.4, 0.5) is 11.4 Å². The molecule has 0 unspecified atom stereocenters. The van der Waals surface area contributed by atoms with E-state index in [0.717, 1.165) is 0 Å². The lowest BCUT2D eigenvalue weighted by atomic mass is 9.95. The quantitative estimate of drug-likeness (QED) is 0.753. The van der Waals surface area contributed by atoms with Crippen molar-refractivity contribution >= 4 is 29.1 Å². The SMILES string of the molecule is CCNC(=O)c1cccc(NC(=O)c2cccc(NC(=O)C(C)(C)C)c2)c1. The molecule has 0 aliphatic carbocycles. The first kappa shape index (κ1) is 20.2. The van der Waals surface area contributed by atoms with E-state index in [4.69, 9.17) is 0 Å². The van der Waals surface area contributed by atoms with Gasteiger partial charge in [0.2, 0.25) is 5.91 Å². The molecule has 0 aromatic heterocycles. The second-order valence-electron chi connectivity index (χ2n) is 7.18. The topological polar surface area (TPSA) is 87.3 Å². The average Bonchev–Trinajstić information content (AvgIpc) is 2.61. The summed E-state index contributed by atoms with van der Waals surface area (Å²) in [5, 5.41) is 8.30. The van der Waals surface area contributed by atoms with E-state index < -0.39 is 5.41 Å².